The van der Waals surface area contributed by atoms with Crippen molar-refractivity contribution in [3.05, 3.63) is 65.6 Å². The summed E-state index contributed by atoms with van der Waals surface area (Å²) < 4.78 is 10.9. The van der Waals surface area contributed by atoms with Crippen LogP contribution in [0.4, 0.5) is 0 Å². The minimum absolute atomic E-state index is 0.264. The molecular weight excluding hydrogens is 350 g/mol. The Labute approximate surface area is 166 Å². The fraction of sp³-hybridized carbons (Fsp3) is 0.391. The maximum Gasteiger partial charge on any atom is 0.167 e. The van der Waals surface area contributed by atoms with E-state index in [4.69, 9.17) is 14.2 Å². The number of benzene rings is 1. The molecule has 0 aliphatic carbocycles. The standard InChI is InChI=1S/C23H27N3O2/c1-17-7-6-8-19(24-17)16-26-14-5-3-4-9-22(26)21-15-23(28-25-21)18-10-12-20(27-2)13-11-18/h6-8,10-13,15,22H,3-5,9,14,16H2,1-2H3/t22-/m0/s1. The lowest BCUT2D eigenvalue weighted by molar-refractivity contribution is 0.182. The highest BCUT2D eigenvalue weighted by Gasteiger charge is 2.26. The van der Waals surface area contributed by atoms with E-state index in [1.54, 1.807) is 7.11 Å². The second-order valence-electron chi connectivity index (χ2n) is 7.45. The molecule has 1 aromatic carbocycles. The minimum Gasteiger partial charge on any atom is -0.497 e. The Kier molecular flexibility index (Phi) is 5.72. The number of rotatable bonds is 5. The lowest BCUT2D eigenvalue weighted by Gasteiger charge is -2.28. The largest absolute Gasteiger partial charge is 0.497 e. The van der Waals surface area contributed by atoms with E-state index >= 15 is 0 Å². The molecule has 0 amide bonds. The second kappa shape index (κ2) is 8.57. The Morgan fingerprint density at radius 1 is 1.11 bits per heavy atom. The van der Waals surface area contributed by atoms with Crippen LogP contribution in [0.5, 0.6) is 5.75 Å². The zero-order chi connectivity index (χ0) is 19.3. The van der Waals surface area contributed by atoms with Crippen LogP contribution in [-0.2, 0) is 6.54 Å². The smallest absolute Gasteiger partial charge is 0.167 e. The van der Waals surface area contributed by atoms with Gasteiger partial charge in [0.2, 0.25) is 0 Å². The van der Waals surface area contributed by atoms with Crippen molar-refractivity contribution in [1.29, 1.82) is 0 Å². The molecule has 5 nitrogen and oxygen atoms in total. The number of hydrogen-bond donors (Lipinski definition) is 0. The third-order valence-electron chi connectivity index (χ3n) is 5.42. The molecule has 0 saturated carbocycles. The van der Waals surface area contributed by atoms with E-state index in [-0.39, 0.29) is 6.04 Å². The molecule has 1 aliphatic heterocycles. The molecule has 0 unspecified atom stereocenters. The number of pyridine rings is 1. The molecule has 1 fully saturated rings. The van der Waals surface area contributed by atoms with Gasteiger partial charge in [0.15, 0.2) is 5.76 Å². The first-order valence-corrected chi connectivity index (χ1v) is 10.0. The quantitative estimate of drug-likeness (QED) is 0.614. The van der Waals surface area contributed by atoms with Crippen molar-refractivity contribution in [2.24, 2.45) is 0 Å². The van der Waals surface area contributed by atoms with E-state index < -0.39 is 0 Å². The Morgan fingerprint density at radius 2 is 1.96 bits per heavy atom. The van der Waals surface area contributed by atoms with Gasteiger partial charge in [-0.3, -0.25) is 9.88 Å². The fourth-order valence-corrected chi connectivity index (χ4v) is 3.92. The van der Waals surface area contributed by atoms with Crippen LogP contribution in [0.1, 0.15) is 48.8 Å². The van der Waals surface area contributed by atoms with Gasteiger partial charge in [0.05, 0.1) is 18.8 Å². The summed E-state index contributed by atoms with van der Waals surface area (Å²) in [5.41, 5.74) is 4.21. The first kappa shape index (κ1) is 18.7. The summed E-state index contributed by atoms with van der Waals surface area (Å²) in [6, 6.07) is 16.5. The van der Waals surface area contributed by atoms with Gasteiger partial charge in [0, 0.05) is 23.9 Å². The molecule has 1 atom stereocenters. The number of aryl methyl sites for hydroxylation is 1. The second-order valence-corrected chi connectivity index (χ2v) is 7.45. The van der Waals surface area contributed by atoms with Gasteiger partial charge in [0.1, 0.15) is 11.4 Å². The topological polar surface area (TPSA) is 51.4 Å². The minimum atomic E-state index is 0.264. The van der Waals surface area contributed by atoms with Crippen LogP contribution in [0.3, 0.4) is 0 Å². The lowest BCUT2D eigenvalue weighted by Crippen LogP contribution is -2.28. The van der Waals surface area contributed by atoms with Gasteiger partial charge in [-0.2, -0.15) is 0 Å². The first-order valence-electron chi connectivity index (χ1n) is 10.0. The van der Waals surface area contributed by atoms with Crippen LogP contribution in [0.15, 0.2) is 53.1 Å². The molecule has 0 N–H and O–H groups in total. The number of aromatic nitrogens is 2. The third kappa shape index (κ3) is 4.25. The first-order chi connectivity index (χ1) is 13.7. The van der Waals surface area contributed by atoms with Crippen LogP contribution in [-0.4, -0.2) is 28.7 Å². The van der Waals surface area contributed by atoms with Crippen LogP contribution in [0.25, 0.3) is 11.3 Å². The molecule has 4 rings (SSSR count). The van der Waals surface area contributed by atoms with Gasteiger partial charge in [-0.15, -0.1) is 0 Å². The zero-order valence-corrected chi connectivity index (χ0v) is 16.6. The summed E-state index contributed by atoms with van der Waals surface area (Å²) in [7, 11) is 1.67. The van der Waals surface area contributed by atoms with E-state index in [1.807, 2.05) is 37.3 Å². The van der Waals surface area contributed by atoms with Crippen molar-refractivity contribution < 1.29 is 9.26 Å². The number of nitrogens with zero attached hydrogens (tertiary/aromatic N) is 3. The number of likely N-dealkylation sites (tertiary alicyclic amines) is 1. The van der Waals surface area contributed by atoms with Gasteiger partial charge in [0.25, 0.3) is 0 Å². The molecule has 5 heteroatoms. The van der Waals surface area contributed by atoms with Gasteiger partial charge < -0.3 is 9.26 Å². The highest BCUT2D eigenvalue weighted by Crippen LogP contribution is 2.33. The van der Waals surface area contributed by atoms with Crippen LogP contribution in [0.2, 0.25) is 0 Å². The maximum absolute atomic E-state index is 5.70. The highest BCUT2D eigenvalue weighted by molar-refractivity contribution is 5.58. The molecule has 3 aromatic rings. The molecule has 0 bridgehead atoms. The average Bonchev–Trinajstić information content (AvgIpc) is 3.09. The molecule has 146 valence electrons. The number of methoxy groups -OCH3 is 1. The predicted molar refractivity (Wildman–Crippen MR) is 109 cm³/mol. The predicted octanol–water partition coefficient (Wildman–Crippen LogP) is 5.17. The van der Waals surface area contributed by atoms with Crippen molar-refractivity contribution in [2.75, 3.05) is 13.7 Å². The average molecular weight is 377 g/mol. The normalized spacial score (nSPS) is 18.0. The molecule has 3 heterocycles. The third-order valence-corrected chi connectivity index (χ3v) is 5.42. The van der Waals surface area contributed by atoms with Crippen molar-refractivity contribution >= 4 is 0 Å². The molecule has 2 aromatic heterocycles. The summed E-state index contributed by atoms with van der Waals surface area (Å²) >= 11 is 0. The van der Waals surface area contributed by atoms with Gasteiger partial charge in [-0.05, 0) is 62.7 Å². The van der Waals surface area contributed by atoms with Gasteiger partial charge in [-0.1, -0.05) is 24.1 Å². The molecule has 0 radical (unpaired) electrons. The van der Waals surface area contributed by atoms with Crippen molar-refractivity contribution in [3.63, 3.8) is 0 Å². The van der Waals surface area contributed by atoms with Crippen molar-refractivity contribution in [3.8, 4) is 17.1 Å². The summed E-state index contributed by atoms with van der Waals surface area (Å²) in [6.45, 7) is 3.95. The Hall–Kier alpha value is -2.66. The number of hydrogen-bond acceptors (Lipinski definition) is 5. The van der Waals surface area contributed by atoms with Gasteiger partial charge in [-0.25, -0.2) is 0 Å². The Balaban J connectivity index is 1.56. The maximum atomic E-state index is 5.70. The van der Waals surface area contributed by atoms with E-state index in [1.165, 1.54) is 19.3 Å². The van der Waals surface area contributed by atoms with E-state index in [2.05, 4.69) is 28.3 Å². The summed E-state index contributed by atoms with van der Waals surface area (Å²) in [4.78, 5) is 7.20. The van der Waals surface area contributed by atoms with Crippen molar-refractivity contribution in [2.45, 2.75) is 45.2 Å². The molecule has 1 saturated heterocycles. The zero-order valence-electron chi connectivity index (χ0n) is 16.6. The summed E-state index contributed by atoms with van der Waals surface area (Å²) in [5.74, 6) is 1.64. The monoisotopic (exact) mass is 377 g/mol. The van der Waals surface area contributed by atoms with E-state index in [0.29, 0.717) is 0 Å². The van der Waals surface area contributed by atoms with E-state index in [9.17, 15) is 0 Å². The number of ether oxygens (including phenoxy) is 1. The molecular formula is C23H27N3O2. The molecule has 28 heavy (non-hydrogen) atoms. The van der Waals surface area contributed by atoms with E-state index in [0.717, 1.165) is 53.7 Å². The summed E-state index contributed by atoms with van der Waals surface area (Å²) in [6.07, 6.45) is 4.79. The highest BCUT2D eigenvalue weighted by atomic mass is 16.5. The lowest BCUT2D eigenvalue weighted by atomic mass is 10.0. The fourth-order valence-electron chi connectivity index (χ4n) is 3.92. The molecule has 1 aliphatic rings. The molecule has 0 spiro atoms. The summed E-state index contributed by atoms with van der Waals surface area (Å²) in [5, 5.41) is 4.44. The van der Waals surface area contributed by atoms with Gasteiger partial charge >= 0.3 is 0 Å². The van der Waals surface area contributed by atoms with Crippen LogP contribution >= 0.6 is 0 Å². The Morgan fingerprint density at radius 3 is 2.75 bits per heavy atom. The van der Waals surface area contributed by atoms with Crippen LogP contribution < -0.4 is 4.74 Å². The SMILES string of the molecule is COc1ccc(-c2cc([C@@H]3CCCCCN3Cc3cccc(C)n3)no2)cc1. The van der Waals surface area contributed by atoms with Crippen molar-refractivity contribution in [1.82, 2.24) is 15.0 Å². The Bertz CT molecular complexity index is 904. The van der Waals surface area contributed by atoms with Crippen LogP contribution in [0, 0.1) is 6.92 Å².